The molecule has 0 aliphatic rings. The second-order valence-corrected chi connectivity index (χ2v) is 5.94. The molecule has 0 unspecified atom stereocenters. The predicted octanol–water partition coefficient (Wildman–Crippen LogP) is 2.89. The maximum Gasteiger partial charge on any atom is 0.259 e. The van der Waals surface area contributed by atoms with Crippen molar-refractivity contribution in [2.45, 2.75) is 70.6 Å². The van der Waals surface area contributed by atoms with Crippen molar-refractivity contribution in [2.75, 3.05) is 19.6 Å². The zero-order chi connectivity index (χ0) is 19.9. The number of hydrogen-bond donors (Lipinski definition) is 5. The molecule has 0 radical (unpaired) electrons. The molecule has 0 amide bonds. The van der Waals surface area contributed by atoms with Crippen molar-refractivity contribution in [3.8, 4) is 6.07 Å². The van der Waals surface area contributed by atoms with Gasteiger partial charge in [-0.2, -0.15) is 16.8 Å². The fourth-order valence-corrected chi connectivity index (χ4v) is 2.10. The summed E-state index contributed by atoms with van der Waals surface area (Å²) in [6.45, 7) is 8.79. The Morgan fingerprint density at radius 1 is 1.00 bits per heavy atom. The standard InChI is InChI=1S/C12H20N6.C6H16N2.ClH/c1-16-18-12(15)17-10-6-4-2-3-5-7-11(14)8-9-13;7-5-3-1-2-4-6-8;/h14H,2-8,10H2,(H3,15,17,18);1-8H2;1H. The Morgan fingerprint density at radius 2 is 1.52 bits per heavy atom. The third kappa shape index (κ3) is 29.2. The summed E-state index contributed by atoms with van der Waals surface area (Å²) in [6.07, 6.45) is 11.0. The van der Waals surface area contributed by atoms with Gasteiger partial charge in [-0.25, -0.2) is 4.99 Å². The van der Waals surface area contributed by atoms with Gasteiger partial charge < -0.3 is 22.6 Å². The number of nitrogens with zero attached hydrogens (tertiary/aromatic N) is 3. The molecule has 0 fully saturated rings. The van der Waals surface area contributed by atoms with Crippen LogP contribution in [0.4, 0.5) is 0 Å². The van der Waals surface area contributed by atoms with E-state index in [1.54, 1.807) is 0 Å². The average Bonchev–Trinajstić information content (AvgIpc) is 2.62. The topological polar surface area (TPSA) is 154 Å². The highest BCUT2D eigenvalue weighted by atomic mass is 35.5. The number of aliphatic imine (C=N–C) groups is 1. The van der Waals surface area contributed by atoms with E-state index in [0.717, 1.165) is 64.5 Å². The molecule has 8 N–H and O–H groups in total. The van der Waals surface area contributed by atoms with Gasteiger partial charge in [-0.05, 0) is 45.2 Å². The molecule has 0 atom stereocenters. The van der Waals surface area contributed by atoms with Crippen LogP contribution in [0.15, 0.2) is 4.99 Å². The monoisotopic (exact) mass is 400 g/mol. The van der Waals surface area contributed by atoms with Crippen LogP contribution in [0.2, 0.25) is 0 Å². The van der Waals surface area contributed by atoms with Gasteiger partial charge >= 0.3 is 0 Å². The molecule has 9 heteroatoms. The zero-order valence-corrected chi connectivity index (χ0v) is 17.2. The number of nitrogens with one attached hydrogen (secondary N) is 2. The van der Waals surface area contributed by atoms with E-state index >= 15 is 0 Å². The van der Waals surface area contributed by atoms with E-state index in [0.29, 0.717) is 12.3 Å². The van der Waals surface area contributed by atoms with E-state index in [9.17, 15) is 0 Å². The van der Waals surface area contributed by atoms with E-state index in [2.05, 4.69) is 15.4 Å². The molecular weight excluding hydrogens is 364 g/mol. The Balaban J connectivity index is -0.000000542. The van der Waals surface area contributed by atoms with Gasteiger partial charge in [0.1, 0.15) is 0 Å². The van der Waals surface area contributed by atoms with Crippen LogP contribution in [0.3, 0.4) is 0 Å². The lowest BCUT2D eigenvalue weighted by Crippen LogP contribution is -2.25. The normalized spacial score (nSPS) is 9.85. The smallest absolute Gasteiger partial charge is 0.259 e. The van der Waals surface area contributed by atoms with Gasteiger partial charge in [0.05, 0.1) is 12.5 Å². The first kappa shape index (κ1) is 29.9. The molecule has 0 aromatic heterocycles. The van der Waals surface area contributed by atoms with E-state index in [1.165, 1.54) is 12.8 Å². The minimum Gasteiger partial charge on any atom is -0.365 e. The largest absolute Gasteiger partial charge is 0.365 e. The van der Waals surface area contributed by atoms with Crippen LogP contribution in [0.1, 0.15) is 70.6 Å². The van der Waals surface area contributed by atoms with Gasteiger partial charge in [-0.3, -0.25) is 0 Å². The molecule has 0 bridgehead atoms. The van der Waals surface area contributed by atoms with E-state index in [-0.39, 0.29) is 24.8 Å². The summed E-state index contributed by atoms with van der Waals surface area (Å²) in [6, 6.07) is 1.98. The first-order chi connectivity index (χ1) is 12.6. The lowest BCUT2D eigenvalue weighted by Gasteiger charge is -2.00. The van der Waals surface area contributed by atoms with Crippen LogP contribution in [-0.2, 0) is 0 Å². The van der Waals surface area contributed by atoms with Gasteiger partial charge in [0.15, 0.2) is 0 Å². The molecule has 0 heterocycles. The molecular formula is C18H37ClN8. The predicted molar refractivity (Wildman–Crippen MR) is 116 cm³/mol. The number of halogens is 1. The van der Waals surface area contributed by atoms with Crippen molar-refractivity contribution in [2.24, 2.45) is 22.2 Å². The minimum atomic E-state index is 0. The fourth-order valence-electron chi connectivity index (χ4n) is 2.10. The molecule has 0 saturated carbocycles. The van der Waals surface area contributed by atoms with Crippen molar-refractivity contribution >= 4 is 24.1 Å². The van der Waals surface area contributed by atoms with Crippen molar-refractivity contribution in [1.29, 1.82) is 10.7 Å². The van der Waals surface area contributed by atoms with E-state index in [4.69, 9.17) is 34.4 Å². The Hall–Kier alpha value is -1.87. The number of nitriles is 1. The summed E-state index contributed by atoms with van der Waals surface area (Å²) in [5.74, 6) is 0.176. The second kappa shape index (κ2) is 26.4. The second-order valence-electron chi connectivity index (χ2n) is 5.94. The minimum absolute atomic E-state index is 0. The first-order valence-corrected chi connectivity index (χ1v) is 9.38. The summed E-state index contributed by atoms with van der Waals surface area (Å²) >= 11 is 0. The quantitative estimate of drug-likeness (QED) is 0.0996. The van der Waals surface area contributed by atoms with Gasteiger partial charge in [-0.1, -0.05) is 37.5 Å². The summed E-state index contributed by atoms with van der Waals surface area (Å²) < 4.78 is 0. The molecule has 0 aromatic carbocycles. The van der Waals surface area contributed by atoms with Crippen LogP contribution < -0.4 is 22.6 Å². The van der Waals surface area contributed by atoms with Gasteiger partial charge in [0, 0.05) is 12.3 Å². The molecule has 156 valence electrons. The zero-order valence-electron chi connectivity index (χ0n) is 16.4. The van der Waals surface area contributed by atoms with Gasteiger partial charge in [-0.15, -0.1) is 12.4 Å². The Labute approximate surface area is 170 Å². The van der Waals surface area contributed by atoms with Crippen molar-refractivity contribution in [3.63, 3.8) is 0 Å². The number of rotatable bonds is 14. The maximum absolute atomic E-state index is 8.38. The average molecular weight is 401 g/mol. The molecule has 0 saturated heterocycles. The fraction of sp³-hybridized carbons (Fsp3) is 0.778. The van der Waals surface area contributed by atoms with Crippen LogP contribution in [-0.4, -0.2) is 31.3 Å². The highest BCUT2D eigenvalue weighted by Gasteiger charge is 1.97. The SMILES string of the molecule is Cl.NCCCCCCN.[C-]#[N+]NC(N)=NCCCCCCCC(=N)CC#N. The molecule has 0 aromatic rings. The summed E-state index contributed by atoms with van der Waals surface area (Å²) in [7, 11) is 0. The molecule has 0 rings (SSSR count). The highest BCUT2D eigenvalue weighted by Crippen LogP contribution is 2.06. The molecule has 0 spiro atoms. The lowest BCUT2D eigenvalue weighted by molar-refractivity contribution is 0.626. The summed E-state index contributed by atoms with van der Waals surface area (Å²) in [4.78, 5) is 6.89. The molecule has 0 aliphatic carbocycles. The first-order valence-electron chi connectivity index (χ1n) is 9.38. The molecule has 8 nitrogen and oxygen atoms in total. The highest BCUT2D eigenvalue weighted by molar-refractivity contribution is 5.85. The molecule has 0 aliphatic heterocycles. The van der Waals surface area contributed by atoms with Crippen molar-refractivity contribution < 1.29 is 0 Å². The van der Waals surface area contributed by atoms with Gasteiger partial charge in [0.2, 0.25) is 0 Å². The van der Waals surface area contributed by atoms with E-state index in [1.807, 2.05) is 6.07 Å². The van der Waals surface area contributed by atoms with Crippen LogP contribution >= 0.6 is 12.4 Å². The Bertz CT molecular complexity index is 434. The number of unbranched alkanes of at least 4 members (excludes halogenated alkanes) is 7. The number of guanidine groups is 1. The van der Waals surface area contributed by atoms with Crippen LogP contribution in [0, 0.1) is 23.3 Å². The molecule has 27 heavy (non-hydrogen) atoms. The third-order valence-corrected chi connectivity index (χ3v) is 3.54. The van der Waals surface area contributed by atoms with Gasteiger partial charge in [0.25, 0.3) is 5.96 Å². The third-order valence-electron chi connectivity index (χ3n) is 3.54. The number of nitrogens with two attached hydrogens (primary N) is 3. The Morgan fingerprint density at radius 3 is 2.04 bits per heavy atom. The van der Waals surface area contributed by atoms with Crippen molar-refractivity contribution in [1.82, 2.24) is 5.43 Å². The van der Waals surface area contributed by atoms with E-state index < -0.39 is 0 Å². The van der Waals surface area contributed by atoms with Crippen LogP contribution in [0.5, 0.6) is 0 Å². The maximum atomic E-state index is 8.38. The summed E-state index contributed by atoms with van der Waals surface area (Å²) in [5, 5.41) is 15.8. The Kier molecular flexibility index (Phi) is 29.2. The van der Waals surface area contributed by atoms with Crippen molar-refractivity contribution in [3.05, 3.63) is 11.5 Å². The number of hydrogen-bond acceptors (Lipinski definition) is 5. The summed E-state index contributed by atoms with van der Waals surface area (Å²) in [5.41, 5.74) is 18.7. The van der Waals surface area contributed by atoms with Crippen LogP contribution in [0.25, 0.3) is 4.95 Å². The lowest BCUT2D eigenvalue weighted by atomic mass is 10.1.